The Bertz CT molecular complexity index is 511. The summed E-state index contributed by atoms with van der Waals surface area (Å²) in [6, 6.07) is 7.01. The molecule has 0 saturated heterocycles. The van der Waals surface area contributed by atoms with Crippen LogP contribution in [-0.4, -0.2) is 18.4 Å². The molecule has 0 aliphatic carbocycles. The highest BCUT2D eigenvalue weighted by Gasteiger charge is 2.34. The van der Waals surface area contributed by atoms with Crippen molar-refractivity contribution in [3.8, 4) is 0 Å². The van der Waals surface area contributed by atoms with Gasteiger partial charge < -0.3 is 14.8 Å². The molecule has 1 aliphatic heterocycles. The van der Waals surface area contributed by atoms with Gasteiger partial charge in [0.25, 0.3) is 0 Å². The number of cyclic esters (lactones) is 1. The van der Waals surface area contributed by atoms with E-state index in [2.05, 4.69) is 5.32 Å². The Morgan fingerprint density at radius 1 is 1.26 bits per heavy atom. The van der Waals surface area contributed by atoms with Gasteiger partial charge in [-0.05, 0) is 38.1 Å². The molecule has 1 N–H and O–H groups in total. The molecule has 0 saturated carbocycles. The van der Waals surface area contributed by atoms with Gasteiger partial charge in [-0.3, -0.25) is 0 Å². The summed E-state index contributed by atoms with van der Waals surface area (Å²) in [6.07, 6.45) is -0.905. The normalized spacial score (nSPS) is 19.0. The van der Waals surface area contributed by atoms with Crippen LogP contribution >= 0.6 is 23.2 Å². The number of esters is 1. The van der Waals surface area contributed by atoms with Crippen molar-refractivity contribution in [2.45, 2.75) is 26.2 Å². The number of hydrogen-bond acceptors (Lipinski definition) is 4. The Hall–Kier alpha value is -1.23. The van der Waals surface area contributed by atoms with Crippen molar-refractivity contribution < 1.29 is 14.3 Å². The van der Waals surface area contributed by atoms with Gasteiger partial charge in [-0.15, -0.1) is 0 Å². The second kappa shape index (κ2) is 5.82. The molecule has 4 nitrogen and oxygen atoms in total. The molecule has 1 aromatic carbocycles. The first-order valence-corrected chi connectivity index (χ1v) is 6.51. The number of carbonyl (C=O) groups is 1. The zero-order valence-corrected chi connectivity index (χ0v) is 12.0. The average molecular weight is 302 g/mol. The summed E-state index contributed by atoms with van der Waals surface area (Å²) in [5.41, 5.74) is 1.15. The van der Waals surface area contributed by atoms with Crippen molar-refractivity contribution in [1.29, 1.82) is 0 Å². The molecule has 0 bridgehead atoms. The first kappa shape index (κ1) is 14.2. The van der Waals surface area contributed by atoms with Crippen LogP contribution in [0.15, 0.2) is 35.0 Å². The Balaban J connectivity index is 2.19. The molecule has 1 aromatic rings. The molecule has 1 heterocycles. The van der Waals surface area contributed by atoms with E-state index < -0.39 is 12.3 Å². The molecule has 1 unspecified atom stereocenters. The molecule has 0 spiro atoms. The summed E-state index contributed by atoms with van der Waals surface area (Å²) >= 11 is 11.7. The number of nitrogens with one attached hydrogen (secondary N) is 1. The fraction of sp³-hybridized carbons (Fsp3) is 0.308. The van der Waals surface area contributed by atoms with E-state index in [0.717, 1.165) is 5.69 Å². The van der Waals surface area contributed by atoms with Gasteiger partial charge >= 0.3 is 5.97 Å². The van der Waals surface area contributed by atoms with E-state index in [1.807, 2.05) is 13.8 Å². The molecule has 1 aliphatic rings. The lowest BCUT2D eigenvalue weighted by molar-refractivity contribution is -0.165. The van der Waals surface area contributed by atoms with E-state index >= 15 is 0 Å². The molecule has 2 rings (SSSR count). The standard InChI is InChI=1S/C13H13Cl2NO3/c1-7(2)18-13-11(10(15)12(17)19-13)16-9-5-3-8(14)4-6-9/h3-7,13,16H,1-2H3. The van der Waals surface area contributed by atoms with E-state index in [1.54, 1.807) is 24.3 Å². The predicted octanol–water partition coefficient (Wildman–Crippen LogP) is 3.51. The third-order valence-electron chi connectivity index (χ3n) is 2.38. The van der Waals surface area contributed by atoms with Gasteiger partial charge in [0.05, 0.1) is 6.10 Å². The summed E-state index contributed by atoms with van der Waals surface area (Å²) < 4.78 is 10.5. The first-order valence-electron chi connectivity index (χ1n) is 5.76. The lowest BCUT2D eigenvalue weighted by Crippen LogP contribution is -2.23. The van der Waals surface area contributed by atoms with E-state index in [9.17, 15) is 4.79 Å². The van der Waals surface area contributed by atoms with Crippen molar-refractivity contribution in [3.05, 3.63) is 40.0 Å². The maximum absolute atomic E-state index is 11.5. The average Bonchev–Trinajstić information content (AvgIpc) is 2.59. The van der Waals surface area contributed by atoms with Crippen molar-refractivity contribution in [2.75, 3.05) is 5.32 Å². The van der Waals surface area contributed by atoms with Crippen molar-refractivity contribution in [3.63, 3.8) is 0 Å². The van der Waals surface area contributed by atoms with Crippen LogP contribution < -0.4 is 5.32 Å². The fourth-order valence-electron chi connectivity index (χ4n) is 1.57. The van der Waals surface area contributed by atoms with Gasteiger partial charge in [0.1, 0.15) is 5.70 Å². The summed E-state index contributed by atoms with van der Waals surface area (Å²) in [4.78, 5) is 11.5. The fourth-order valence-corrected chi connectivity index (χ4v) is 1.87. The van der Waals surface area contributed by atoms with E-state index in [-0.39, 0.29) is 11.1 Å². The largest absolute Gasteiger partial charge is 0.425 e. The van der Waals surface area contributed by atoms with Crippen LogP contribution in [0.4, 0.5) is 5.69 Å². The van der Waals surface area contributed by atoms with Gasteiger partial charge in [0.15, 0.2) is 5.03 Å². The van der Waals surface area contributed by atoms with E-state index in [1.165, 1.54) is 0 Å². The summed E-state index contributed by atoms with van der Waals surface area (Å²) in [7, 11) is 0. The number of anilines is 1. The third kappa shape index (κ3) is 3.41. The minimum absolute atomic E-state index is 0.000556. The quantitative estimate of drug-likeness (QED) is 0.865. The number of carbonyl (C=O) groups excluding carboxylic acids is 1. The lowest BCUT2D eigenvalue weighted by atomic mass is 10.3. The van der Waals surface area contributed by atoms with Crippen molar-refractivity contribution in [2.24, 2.45) is 0 Å². The third-order valence-corrected chi connectivity index (χ3v) is 2.99. The highest BCUT2D eigenvalue weighted by molar-refractivity contribution is 6.42. The van der Waals surface area contributed by atoms with Crippen LogP contribution in [0.5, 0.6) is 0 Å². The maximum atomic E-state index is 11.5. The van der Waals surface area contributed by atoms with Crippen LogP contribution in [0.1, 0.15) is 13.8 Å². The number of halogens is 2. The van der Waals surface area contributed by atoms with Crippen molar-refractivity contribution in [1.82, 2.24) is 0 Å². The van der Waals surface area contributed by atoms with Crippen LogP contribution in [0.2, 0.25) is 5.02 Å². The van der Waals surface area contributed by atoms with E-state index in [4.69, 9.17) is 32.7 Å². The Labute approximate surface area is 121 Å². The van der Waals surface area contributed by atoms with Gasteiger partial charge in [0.2, 0.25) is 6.29 Å². The van der Waals surface area contributed by atoms with E-state index in [0.29, 0.717) is 10.7 Å². The van der Waals surface area contributed by atoms with Crippen LogP contribution in [-0.2, 0) is 14.3 Å². The smallest absolute Gasteiger partial charge is 0.354 e. The molecular formula is C13H13Cl2NO3. The molecule has 1 atom stereocenters. The molecule has 0 fully saturated rings. The molecule has 6 heteroatoms. The van der Waals surface area contributed by atoms with Gasteiger partial charge in [-0.1, -0.05) is 23.2 Å². The van der Waals surface area contributed by atoms with Crippen LogP contribution in [0.25, 0.3) is 0 Å². The topological polar surface area (TPSA) is 47.6 Å². The maximum Gasteiger partial charge on any atom is 0.354 e. The molecule has 0 aromatic heterocycles. The Kier molecular flexibility index (Phi) is 4.34. The Morgan fingerprint density at radius 2 is 1.89 bits per heavy atom. The predicted molar refractivity (Wildman–Crippen MR) is 74.1 cm³/mol. The minimum Gasteiger partial charge on any atom is -0.425 e. The second-order valence-corrected chi connectivity index (χ2v) is 5.10. The number of hydrogen-bond donors (Lipinski definition) is 1. The second-order valence-electron chi connectivity index (χ2n) is 4.28. The summed E-state index contributed by atoms with van der Waals surface area (Å²) in [6.45, 7) is 3.69. The zero-order chi connectivity index (χ0) is 14.0. The molecule has 0 radical (unpaired) electrons. The van der Waals surface area contributed by atoms with Crippen molar-refractivity contribution >= 4 is 34.9 Å². The molecular weight excluding hydrogens is 289 g/mol. The van der Waals surface area contributed by atoms with Crippen LogP contribution in [0.3, 0.4) is 0 Å². The zero-order valence-electron chi connectivity index (χ0n) is 10.4. The summed E-state index contributed by atoms with van der Waals surface area (Å²) in [5, 5.41) is 3.65. The molecule has 19 heavy (non-hydrogen) atoms. The highest BCUT2D eigenvalue weighted by Crippen LogP contribution is 2.29. The highest BCUT2D eigenvalue weighted by atomic mass is 35.5. The summed E-state index contributed by atoms with van der Waals surface area (Å²) in [5.74, 6) is -0.594. The van der Waals surface area contributed by atoms with Crippen LogP contribution in [0, 0.1) is 0 Å². The first-order chi connectivity index (χ1) is 8.97. The van der Waals surface area contributed by atoms with Gasteiger partial charge in [-0.25, -0.2) is 4.79 Å². The SMILES string of the molecule is CC(C)OC1OC(=O)C(Cl)=C1Nc1ccc(Cl)cc1. The van der Waals surface area contributed by atoms with Gasteiger partial charge in [0, 0.05) is 10.7 Å². The monoisotopic (exact) mass is 301 g/mol. The molecule has 0 amide bonds. The lowest BCUT2D eigenvalue weighted by Gasteiger charge is -2.18. The number of ether oxygens (including phenoxy) is 2. The minimum atomic E-state index is -0.810. The number of benzene rings is 1. The Morgan fingerprint density at radius 3 is 2.47 bits per heavy atom. The molecule has 102 valence electrons. The number of rotatable bonds is 4. The van der Waals surface area contributed by atoms with Gasteiger partial charge in [-0.2, -0.15) is 0 Å².